The van der Waals surface area contributed by atoms with Crippen LogP contribution in [0.5, 0.6) is 11.6 Å². The van der Waals surface area contributed by atoms with E-state index in [1.807, 2.05) is 30.3 Å². The lowest BCUT2D eigenvalue weighted by molar-refractivity contribution is 0.0729. The van der Waals surface area contributed by atoms with E-state index in [0.29, 0.717) is 22.9 Å². The van der Waals surface area contributed by atoms with Gasteiger partial charge in [-0.25, -0.2) is 13.5 Å². The standard InChI is InChI=1S/C27H23F2N3O2/c1-31-27(34-23-15-11-21(29)12-16-23)24(25(30-31)18-5-3-2-4-6-18)17-32(22-13-14-22)26(33)19-7-9-20(28)10-8-19/h2-12,15-16,22H,13-14,17H2,1H3. The molecule has 0 spiro atoms. The summed E-state index contributed by atoms with van der Waals surface area (Å²) in [4.78, 5) is 15.2. The summed E-state index contributed by atoms with van der Waals surface area (Å²) in [5.41, 5.74) is 2.78. The number of hydrogen-bond donors (Lipinski definition) is 0. The lowest BCUT2D eigenvalue weighted by atomic mass is 10.1. The smallest absolute Gasteiger partial charge is 0.254 e. The summed E-state index contributed by atoms with van der Waals surface area (Å²) in [5.74, 6) is 0.0321. The molecule has 34 heavy (non-hydrogen) atoms. The Morgan fingerprint density at radius 2 is 1.59 bits per heavy atom. The number of benzene rings is 3. The van der Waals surface area contributed by atoms with Crippen LogP contribution in [0.2, 0.25) is 0 Å². The Hall–Kier alpha value is -4.00. The van der Waals surface area contributed by atoms with E-state index in [2.05, 4.69) is 0 Å². The zero-order valence-electron chi connectivity index (χ0n) is 18.6. The number of rotatable bonds is 7. The molecule has 1 aromatic heterocycles. The van der Waals surface area contributed by atoms with Crippen molar-refractivity contribution in [3.05, 3.63) is 102 Å². The quantitative estimate of drug-likeness (QED) is 0.343. The van der Waals surface area contributed by atoms with E-state index in [4.69, 9.17) is 9.84 Å². The third-order valence-electron chi connectivity index (χ3n) is 5.83. The molecule has 0 radical (unpaired) electrons. The highest BCUT2D eigenvalue weighted by atomic mass is 19.1. The summed E-state index contributed by atoms with van der Waals surface area (Å²) in [6, 6.07) is 21.1. The van der Waals surface area contributed by atoms with Gasteiger partial charge in [-0.05, 0) is 61.4 Å². The van der Waals surface area contributed by atoms with Crippen LogP contribution in [0, 0.1) is 11.6 Å². The van der Waals surface area contributed by atoms with Crippen LogP contribution in [0.4, 0.5) is 8.78 Å². The van der Waals surface area contributed by atoms with Gasteiger partial charge in [0, 0.05) is 24.2 Å². The fourth-order valence-electron chi connectivity index (χ4n) is 3.95. The topological polar surface area (TPSA) is 47.4 Å². The van der Waals surface area contributed by atoms with Gasteiger partial charge in [-0.15, -0.1) is 0 Å². The van der Waals surface area contributed by atoms with Crippen molar-refractivity contribution in [3.8, 4) is 22.9 Å². The molecule has 1 saturated carbocycles. The molecule has 5 rings (SSSR count). The van der Waals surface area contributed by atoms with Crippen LogP contribution in [-0.4, -0.2) is 26.6 Å². The number of amides is 1. The highest BCUT2D eigenvalue weighted by Crippen LogP contribution is 2.37. The van der Waals surface area contributed by atoms with E-state index in [1.165, 1.54) is 36.4 Å². The monoisotopic (exact) mass is 459 g/mol. The Kier molecular flexibility index (Phi) is 5.84. The second-order valence-corrected chi connectivity index (χ2v) is 8.35. The average Bonchev–Trinajstić information content (AvgIpc) is 3.65. The van der Waals surface area contributed by atoms with Crippen LogP contribution >= 0.6 is 0 Å². The van der Waals surface area contributed by atoms with E-state index in [0.717, 1.165) is 24.0 Å². The molecule has 1 amide bonds. The number of halogens is 2. The largest absolute Gasteiger partial charge is 0.439 e. The van der Waals surface area contributed by atoms with Gasteiger partial charge in [-0.1, -0.05) is 30.3 Å². The van der Waals surface area contributed by atoms with E-state index < -0.39 is 0 Å². The number of nitrogens with zero attached hydrogens (tertiary/aromatic N) is 3. The van der Waals surface area contributed by atoms with Crippen molar-refractivity contribution in [2.24, 2.45) is 7.05 Å². The maximum absolute atomic E-state index is 13.4. The van der Waals surface area contributed by atoms with Crippen molar-refractivity contribution in [2.45, 2.75) is 25.4 Å². The summed E-state index contributed by atoms with van der Waals surface area (Å²) in [6.45, 7) is 0.273. The van der Waals surface area contributed by atoms with Crippen molar-refractivity contribution in [2.75, 3.05) is 0 Å². The van der Waals surface area contributed by atoms with Crippen LogP contribution in [0.1, 0.15) is 28.8 Å². The van der Waals surface area contributed by atoms with Crippen molar-refractivity contribution in [1.29, 1.82) is 0 Å². The molecule has 1 fully saturated rings. The van der Waals surface area contributed by atoms with E-state index in [1.54, 1.807) is 28.8 Å². The van der Waals surface area contributed by atoms with Crippen LogP contribution in [-0.2, 0) is 13.6 Å². The molecule has 0 aliphatic heterocycles. The molecule has 0 N–H and O–H groups in total. The van der Waals surface area contributed by atoms with Crippen LogP contribution in [0.3, 0.4) is 0 Å². The Morgan fingerprint density at radius 1 is 0.971 bits per heavy atom. The molecule has 4 aromatic rings. The zero-order chi connectivity index (χ0) is 23.7. The molecule has 3 aromatic carbocycles. The summed E-state index contributed by atoms with van der Waals surface area (Å²) in [7, 11) is 1.78. The number of ether oxygens (including phenoxy) is 1. The normalized spacial score (nSPS) is 13.0. The first-order chi connectivity index (χ1) is 16.5. The Morgan fingerprint density at radius 3 is 2.21 bits per heavy atom. The molecule has 0 saturated heterocycles. The lowest BCUT2D eigenvalue weighted by Gasteiger charge is -2.23. The van der Waals surface area contributed by atoms with Gasteiger partial charge in [0.1, 0.15) is 23.1 Å². The van der Waals surface area contributed by atoms with E-state index >= 15 is 0 Å². The summed E-state index contributed by atoms with van der Waals surface area (Å²) < 4.78 is 34.6. The van der Waals surface area contributed by atoms with Gasteiger partial charge in [0.05, 0.1) is 12.1 Å². The predicted octanol–water partition coefficient (Wildman–Crippen LogP) is 5.96. The molecule has 0 bridgehead atoms. The molecule has 7 heteroatoms. The first-order valence-corrected chi connectivity index (χ1v) is 11.1. The van der Waals surface area contributed by atoms with E-state index in [9.17, 15) is 13.6 Å². The maximum Gasteiger partial charge on any atom is 0.254 e. The number of carbonyl (C=O) groups is 1. The van der Waals surface area contributed by atoms with Gasteiger partial charge < -0.3 is 9.64 Å². The second kappa shape index (κ2) is 9.09. The molecule has 1 heterocycles. The van der Waals surface area contributed by atoms with Crippen LogP contribution < -0.4 is 4.74 Å². The summed E-state index contributed by atoms with van der Waals surface area (Å²) in [5, 5.41) is 4.70. The summed E-state index contributed by atoms with van der Waals surface area (Å²) >= 11 is 0. The molecule has 172 valence electrons. The Balaban J connectivity index is 1.55. The average molecular weight is 459 g/mol. The van der Waals surface area contributed by atoms with Gasteiger partial charge in [-0.3, -0.25) is 4.79 Å². The fraction of sp³-hybridized carbons (Fsp3) is 0.185. The maximum atomic E-state index is 13.4. The molecule has 0 atom stereocenters. The molecule has 5 nitrogen and oxygen atoms in total. The van der Waals surface area contributed by atoms with Gasteiger partial charge in [0.15, 0.2) is 0 Å². The fourth-order valence-corrected chi connectivity index (χ4v) is 3.95. The third-order valence-corrected chi connectivity index (χ3v) is 5.83. The predicted molar refractivity (Wildman–Crippen MR) is 124 cm³/mol. The Bertz CT molecular complexity index is 1300. The number of hydrogen-bond acceptors (Lipinski definition) is 3. The second-order valence-electron chi connectivity index (χ2n) is 8.35. The van der Waals surface area contributed by atoms with Gasteiger partial charge in [0.2, 0.25) is 5.88 Å². The highest BCUT2D eigenvalue weighted by Gasteiger charge is 2.35. The molecular weight excluding hydrogens is 436 g/mol. The van der Waals surface area contributed by atoms with Crippen molar-refractivity contribution >= 4 is 5.91 Å². The summed E-state index contributed by atoms with van der Waals surface area (Å²) in [6.07, 6.45) is 1.81. The van der Waals surface area contributed by atoms with Crippen molar-refractivity contribution in [3.63, 3.8) is 0 Å². The minimum atomic E-state index is -0.386. The number of carbonyl (C=O) groups excluding carboxylic acids is 1. The van der Waals surface area contributed by atoms with Crippen molar-refractivity contribution < 1.29 is 18.3 Å². The minimum Gasteiger partial charge on any atom is -0.439 e. The first-order valence-electron chi connectivity index (χ1n) is 11.1. The Labute approximate surface area is 196 Å². The molecule has 1 aliphatic rings. The zero-order valence-corrected chi connectivity index (χ0v) is 18.6. The lowest BCUT2D eigenvalue weighted by Crippen LogP contribution is -2.32. The van der Waals surface area contributed by atoms with Crippen LogP contribution in [0.25, 0.3) is 11.3 Å². The van der Waals surface area contributed by atoms with Crippen LogP contribution in [0.15, 0.2) is 78.9 Å². The molecule has 1 aliphatic carbocycles. The highest BCUT2D eigenvalue weighted by molar-refractivity contribution is 5.94. The van der Waals surface area contributed by atoms with E-state index in [-0.39, 0.29) is 30.1 Å². The van der Waals surface area contributed by atoms with Gasteiger partial charge >= 0.3 is 0 Å². The molecule has 0 unspecified atom stereocenters. The molecular formula is C27H23F2N3O2. The number of aromatic nitrogens is 2. The first kappa shape index (κ1) is 21.8. The minimum absolute atomic E-state index is 0.0973. The van der Waals surface area contributed by atoms with Crippen molar-refractivity contribution in [1.82, 2.24) is 14.7 Å². The third kappa shape index (κ3) is 4.55. The SMILES string of the molecule is Cn1nc(-c2ccccc2)c(CN(C(=O)c2ccc(F)cc2)C2CC2)c1Oc1ccc(F)cc1. The van der Waals surface area contributed by atoms with Gasteiger partial charge in [0.25, 0.3) is 5.91 Å². The van der Waals surface area contributed by atoms with Gasteiger partial charge in [-0.2, -0.15) is 5.10 Å². The number of aryl methyl sites for hydroxylation is 1.